The highest BCUT2D eigenvalue weighted by atomic mass is 35.5. The molecule has 0 aliphatic heterocycles. The van der Waals surface area contributed by atoms with E-state index in [1.807, 2.05) is 26.1 Å². The minimum atomic E-state index is -4.78. The predicted octanol–water partition coefficient (Wildman–Crippen LogP) is 6.33. The van der Waals surface area contributed by atoms with E-state index in [2.05, 4.69) is 36.1 Å². The van der Waals surface area contributed by atoms with Crippen molar-refractivity contribution < 1.29 is 22.4 Å². The van der Waals surface area contributed by atoms with Crippen LogP contribution in [0.4, 0.5) is 17.6 Å². The molecule has 36 heavy (non-hydrogen) atoms. The van der Waals surface area contributed by atoms with E-state index in [4.69, 9.17) is 11.6 Å². The molecule has 1 amide bonds. The molecular weight excluding hydrogens is 494 g/mol. The fourth-order valence-electron chi connectivity index (χ4n) is 3.32. The van der Waals surface area contributed by atoms with Crippen molar-refractivity contribution in [1.82, 2.24) is 10.6 Å². The van der Waals surface area contributed by atoms with Crippen LogP contribution in [0.3, 0.4) is 0 Å². The van der Waals surface area contributed by atoms with Gasteiger partial charge in [0.25, 0.3) is 0 Å². The molecule has 0 fully saturated rings. The number of aryl methyl sites for hydroxylation is 1. The van der Waals surface area contributed by atoms with Crippen LogP contribution in [-0.2, 0) is 22.9 Å². The van der Waals surface area contributed by atoms with Gasteiger partial charge in [0.1, 0.15) is 11.4 Å². The number of carbonyl (C=O) groups is 1. The summed E-state index contributed by atoms with van der Waals surface area (Å²) in [6, 6.07) is 10.0. The third-order valence-corrected chi connectivity index (χ3v) is 5.30. The SMILES string of the molecule is C=C/C=C(\N=CCCl)[C@@](Cc1cccc(C)c1)(NC=O)c1cc(F)cc(C(F)(F)F)c1.CNC(C)C. The first kappa shape index (κ1) is 31.1. The number of nitrogens with one attached hydrogen (secondary N) is 2. The molecule has 0 saturated carbocycles. The zero-order valence-corrected chi connectivity index (χ0v) is 21.6. The minimum absolute atomic E-state index is 0.00741. The number of hydrogen-bond donors (Lipinski definition) is 2. The first-order valence-corrected chi connectivity index (χ1v) is 11.7. The van der Waals surface area contributed by atoms with E-state index in [1.54, 1.807) is 12.1 Å². The standard InChI is InChI=1S/C23H21ClF4N2O.C4H11N/c1-3-5-21(29-9-8-24)22(30-15-31,14-17-7-4-6-16(2)10-17)18-11-19(23(26,27)28)13-20(25)12-18;1-4(2)5-3/h3-7,9-13,15H,1,8,14H2,2H3,(H,30,31);4-5H,1-3H3/b21-5-,29-9?;/t22-;/m0./s1. The van der Waals surface area contributed by atoms with Crippen molar-refractivity contribution in [2.45, 2.75) is 44.9 Å². The van der Waals surface area contributed by atoms with Crippen molar-refractivity contribution in [3.05, 3.63) is 95.0 Å². The molecule has 9 heteroatoms. The Balaban J connectivity index is 0.00000118. The first-order chi connectivity index (χ1) is 16.9. The lowest BCUT2D eigenvalue weighted by Gasteiger charge is -2.35. The van der Waals surface area contributed by atoms with Crippen LogP contribution in [0.25, 0.3) is 0 Å². The third-order valence-electron chi connectivity index (χ3n) is 5.16. The highest BCUT2D eigenvalue weighted by molar-refractivity contribution is 6.24. The van der Waals surface area contributed by atoms with Gasteiger partial charge in [-0.05, 0) is 49.4 Å². The minimum Gasteiger partial charge on any atom is -0.343 e. The monoisotopic (exact) mass is 525 g/mol. The van der Waals surface area contributed by atoms with E-state index in [-0.39, 0.29) is 23.6 Å². The molecule has 2 aromatic carbocycles. The zero-order chi connectivity index (χ0) is 27.4. The van der Waals surface area contributed by atoms with Crippen LogP contribution >= 0.6 is 11.6 Å². The van der Waals surface area contributed by atoms with Gasteiger partial charge in [0.05, 0.1) is 17.1 Å². The van der Waals surface area contributed by atoms with Gasteiger partial charge in [-0.3, -0.25) is 9.79 Å². The van der Waals surface area contributed by atoms with Crippen molar-refractivity contribution in [3.8, 4) is 0 Å². The van der Waals surface area contributed by atoms with E-state index in [0.717, 1.165) is 17.7 Å². The second-order valence-corrected chi connectivity index (χ2v) is 8.57. The summed E-state index contributed by atoms with van der Waals surface area (Å²) in [6.45, 7) is 9.70. The van der Waals surface area contributed by atoms with Crippen LogP contribution in [-0.4, -0.2) is 31.6 Å². The normalized spacial score (nSPS) is 13.7. The lowest BCUT2D eigenvalue weighted by molar-refractivity contribution is -0.137. The average Bonchev–Trinajstić information content (AvgIpc) is 2.81. The first-order valence-electron chi connectivity index (χ1n) is 11.2. The van der Waals surface area contributed by atoms with Gasteiger partial charge in [-0.1, -0.05) is 56.3 Å². The molecule has 0 aromatic heterocycles. The van der Waals surface area contributed by atoms with Crippen molar-refractivity contribution in [2.24, 2.45) is 4.99 Å². The van der Waals surface area contributed by atoms with E-state index in [0.29, 0.717) is 24.1 Å². The molecule has 0 aliphatic rings. The Bertz CT molecular complexity index is 1070. The number of alkyl halides is 4. The van der Waals surface area contributed by atoms with Gasteiger partial charge < -0.3 is 10.6 Å². The van der Waals surface area contributed by atoms with E-state index < -0.39 is 23.1 Å². The van der Waals surface area contributed by atoms with Gasteiger partial charge in [-0.25, -0.2) is 4.39 Å². The Hall–Kier alpha value is -2.97. The Morgan fingerprint density at radius 3 is 2.31 bits per heavy atom. The quantitative estimate of drug-likeness (QED) is 0.125. The summed E-state index contributed by atoms with van der Waals surface area (Å²) < 4.78 is 54.6. The molecule has 0 spiro atoms. The number of amides is 1. The maximum absolute atomic E-state index is 14.3. The number of rotatable bonds is 10. The molecule has 1 atom stereocenters. The number of aliphatic imine (C=N–C) groups is 1. The molecule has 0 heterocycles. The second-order valence-electron chi connectivity index (χ2n) is 8.26. The van der Waals surface area contributed by atoms with Crippen molar-refractivity contribution in [2.75, 3.05) is 12.9 Å². The molecule has 2 aromatic rings. The fraction of sp³-hybridized carbons (Fsp3) is 0.333. The van der Waals surface area contributed by atoms with Crippen molar-refractivity contribution in [3.63, 3.8) is 0 Å². The summed E-state index contributed by atoms with van der Waals surface area (Å²) in [7, 11) is 1.95. The summed E-state index contributed by atoms with van der Waals surface area (Å²) in [6.07, 6.45) is -0.280. The molecular formula is C27H32ClF4N3O. The van der Waals surface area contributed by atoms with Gasteiger partial charge in [0, 0.05) is 18.7 Å². The molecule has 2 rings (SSSR count). The predicted molar refractivity (Wildman–Crippen MR) is 139 cm³/mol. The second kappa shape index (κ2) is 14.6. The van der Waals surface area contributed by atoms with Gasteiger partial charge in [0.2, 0.25) is 6.41 Å². The molecule has 0 radical (unpaired) electrons. The maximum atomic E-state index is 14.3. The van der Waals surface area contributed by atoms with Crippen LogP contribution in [0.2, 0.25) is 0 Å². The molecule has 0 saturated heterocycles. The number of benzene rings is 2. The van der Waals surface area contributed by atoms with Crippen molar-refractivity contribution in [1.29, 1.82) is 0 Å². The summed E-state index contributed by atoms with van der Waals surface area (Å²) in [5.74, 6) is -1.07. The molecule has 4 nitrogen and oxygen atoms in total. The molecule has 0 bridgehead atoms. The van der Waals surface area contributed by atoms with Crippen LogP contribution in [0, 0.1) is 12.7 Å². The zero-order valence-electron chi connectivity index (χ0n) is 20.8. The Kier molecular flexibility index (Phi) is 12.6. The topological polar surface area (TPSA) is 53.5 Å². The fourth-order valence-corrected chi connectivity index (χ4v) is 3.39. The largest absolute Gasteiger partial charge is 0.416 e. The smallest absolute Gasteiger partial charge is 0.343 e. The maximum Gasteiger partial charge on any atom is 0.416 e. The van der Waals surface area contributed by atoms with Gasteiger partial charge in [-0.15, -0.1) is 11.6 Å². The van der Waals surface area contributed by atoms with Crippen LogP contribution in [0.5, 0.6) is 0 Å². The molecule has 2 N–H and O–H groups in total. The van der Waals surface area contributed by atoms with Crippen LogP contribution < -0.4 is 10.6 Å². The number of halogens is 5. The lowest BCUT2D eigenvalue weighted by atomic mass is 9.79. The van der Waals surface area contributed by atoms with Gasteiger partial charge in [0.15, 0.2) is 0 Å². The van der Waals surface area contributed by atoms with E-state index in [9.17, 15) is 22.4 Å². The van der Waals surface area contributed by atoms with E-state index in [1.165, 1.54) is 18.4 Å². The Labute approximate surface area is 215 Å². The van der Waals surface area contributed by atoms with Crippen molar-refractivity contribution >= 4 is 24.2 Å². The van der Waals surface area contributed by atoms with E-state index >= 15 is 0 Å². The van der Waals surface area contributed by atoms with Gasteiger partial charge in [-0.2, -0.15) is 13.2 Å². The summed E-state index contributed by atoms with van der Waals surface area (Å²) in [5, 5.41) is 5.62. The molecule has 0 aliphatic carbocycles. The average molecular weight is 526 g/mol. The highest BCUT2D eigenvalue weighted by Crippen LogP contribution is 2.38. The van der Waals surface area contributed by atoms with Crippen LogP contribution in [0.15, 0.2) is 71.9 Å². The number of nitrogens with zero attached hydrogens (tertiary/aromatic N) is 1. The summed E-state index contributed by atoms with van der Waals surface area (Å²) in [5.41, 5.74) is -1.16. The summed E-state index contributed by atoms with van der Waals surface area (Å²) in [4.78, 5) is 15.9. The third kappa shape index (κ3) is 9.24. The highest BCUT2D eigenvalue weighted by Gasteiger charge is 2.40. The van der Waals surface area contributed by atoms with Crippen LogP contribution in [0.1, 0.15) is 36.1 Å². The molecule has 196 valence electrons. The Morgan fingerprint density at radius 2 is 1.81 bits per heavy atom. The lowest BCUT2D eigenvalue weighted by Crippen LogP contribution is -2.45. The summed E-state index contributed by atoms with van der Waals surface area (Å²) >= 11 is 5.71. The van der Waals surface area contributed by atoms with Gasteiger partial charge >= 0.3 is 6.18 Å². The Morgan fingerprint density at radius 1 is 1.17 bits per heavy atom. The molecule has 0 unspecified atom stereocenters. The number of hydrogen-bond acceptors (Lipinski definition) is 3. The number of carbonyl (C=O) groups excluding carboxylic acids is 1. The number of allylic oxidation sites excluding steroid dienone is 2.